The van der Waals surface area contributed by atoms with Crippen LogP contribution in [0.3, 0.4) is 0 Å². The number of nitrogens with zero attached hydrogens (tertiary/aromatic N) is 4. The molecule has 1 unspecified atom stereocenters. The lowest BCUT2D eigenvalue weighted by molar-refractivity contribution is -0.137. The van der Waals surface area contributed by atoms with Crippen molar-refractivity contribution in [3.8, 4) is 0 Å². The van der Waals surface area contributed by atoms with Crippen LogP contribution in [-0.2, 0) is 6.18 Å². The van der Waals surface area contributed by atoms with Gasteiger partial charge in [-0.15, -0.1) is 0 Å². The van der Waals surface area contributed by atoms with E-state index >= 15 is 0 Å². The fourth-order valence-electron chi connectivity index (χ4n) is 3.48. The van der Waals surface area contributed by atoms with Gasteiger partial charge in [0, 0.05) is 45.6 Å². The van der Waals surface area contributed by atoms with Gasteiger partial charge in [0.25, 0.3) is 0 Å². The van der Waals surface area contributed by atoms with Crippen molar-refractivity contribution in [3.63, 3.8) is 0 Å². The maximum Gasteiger partial charge on any atom is 0.416 e. The summed E-state index contributed by atoms with van der Waals surface area (Å²) in [5.41, 5.74) is 0.738. The largest absolute Gasteiger partial charge is 0.416 e. The summed E-state index contributed by atoms with van der Waals surface area (Å²) in [6, 6.07) is 4.85. The number of piperidine rings is 1. The summed E-state index contributed by atoms with van der Waals surface area (Å²) >= 11 is 0. The van der Waals surface area contributed by atoms with Gasteiger partial charge in [0.2, 0.25) is 0 Å². The van der Waals surface area contributed by atoms with E-state index in [0.29, 0.717) is 18.8 Å². The lowest BCUT2D eigenvalue weighted by Gasteiger charge is -2.38. The molecule has 1 aliphatic rings. The first-order chi connectivity index (χ1) is 13.8. The van der Waals surface area contributed by atoms with E-state index in [1.165, 1.54) is 17.0 Å². The molecule has 0 spiro atoms. The van der Waals surface area contributed by atoms with Gasteiger partial charge in [-0.25, -0.2) is 4.79 Å². The molecule has 2 heterocycles. The highest BCUT2D eigenvalue weighted by molar-refractivity contribution is 5.73. The molecule has 1 fully saturated rings. The molecule has 1 aromatic heterocycles. The van der Waals surface area contributed by atoms with E-state index in [-0.39, 0.29) is 18.1 Å². The number of carbonyl (C=O) groups excluding carboxylic acids is 1. The molecular weight excluding hydrogens is 383 g/mol. The van der Waals surface area contributed by atoms with Gasteiger partial charge in [0.05, 0.1) is 23.5 Å². The molecule has 1 saturated heterocycles. The Bertz CT molecular complexity index is 803. The van der Waals surface area contributed by atoms with Crippen molar-refractivity contribution in [3.05, 3.63) is 59.7 Å². The van der Waals surface area contributed by atoms with Crippen molar-refractivity contribution in [2.45, 2.75) is 31.1 Å². The molecule has 0 radical (unpaired) electrons. The van der Waals surface area contributed by atoms with E-state index in [0.717, 1.165) is 30.5 Å². The molecule has 2 aromatic rings. The third kappa shape index (κ3) is 5.23. The zero-order valence-corrected chi connectivity index (χ0v) is 16.4. The number of halogens is 3. The van der Waals surface area contributed by atoms with Crippen molar-refractivity contribution in [1.29, 1.82) is 0 Å². The minimum Gasteiger partial charge on any atom is -0.335 e. The van der Waals surface area contributed by atoms with E-state index < -0.39 is 11.7 Å². The molecule has 29 heavy (non-hydrogen) atoms. The molecule has 1 aliphatic heterocycles. The highest BCUT2D eigenvalue weighted by atomic mass is 19.4. The summed E-state index contributed by atoms with van der Waals surface area (Å²) < 4.78 is 38.8. The zero-order valence-electron chi connectivity index (χ0n) is 16.4. The number of hydrogen-bond donors (Lipinski definition) is 1. The van der Waals surface area contributed by atoms with Crippen LogP contribution in [-0.4, -0.2) is 59.0 Å². The normalized spacial score (nSPS) is 17.0. The standard InChI is InChI=1S/C20H24F3N5O/c1-27(2)19(29)26-16-7-11-28(12-8-16)18(17-13-24-9-10-25-17)14-3-5-15(6-4-14)20(21,22)23/h3-6,9-10,13,16,18H,7-8,11-12H2,1-2H3,(H,26,29). The van der Waals surface area contributed by atoms with Crippen molar-refractivity contribution in [1.82, 2.24) is 25.1 Å². The van der Waals surface area contributed by atoms with Crippen molar-refractivity contribution >= 4 is 6.03 Å². The summed E-state index contributed by atoms with van der Waals surface area (Å²) in [5.74, 6) is 0. The van der Waals surface area contributed by atoms with E-state index in [2.05, 4.69) is 20.2 Å². The zero-order chi connectivity index (χ0) is 21.0. The number of carbonyl (C=O) groups is 1. The van der Waals surface area contributed by atoms with Gasteiger partial charge in [-0.2, -0.15) is 13.2 Å². The molecule has 156 valence electrons. The SMILES string of the molecule is CN(C)C(=O)NC1CCN(C(c2ccc(C(F)(F)F)cc2)c2cnccn2)CC1. The fraction of sp³-hybridized carbons (Fsp3) is 0.450. The predicted octanol–water partition coefficient (Wildman–Crippen LogP) is 3.32. The summed E-state index contributed by atoms with van der Waals surface area (Å²) in [4.78, 5) is 24.1. The first-order valence-corrected chi connectivity index (χ1v) is 9.40. The Hall–Kier alpha value is -2.68. The molecule has 0 bridgehead atoms. The van der Waals surface area contributed by atoms with E-state index in [1.807, 2.05) is 0 Å². The molecule has 2 amide bonds. The number of rotatable bonds is 4. The Morgan fingerprint density at radius 2 is 1.83 bits per heavy atom. The van der Waals surface area contributed by atoms with E-state index in [1.54, 1.807) is 32.7 Å². The highest BCUT2D eigenvalue weighted by Crippen LogP contribution is 2.33. The maximum absolute atomic E-state index is 12.9. The Labute approximate surface area is 167 Å². The highest BCUT2D eigenvalue weighted by Gasteiger charge is 2.32. The smallest absolute Gasteiger partial charge is 0.335 e. The third-order valence-corrected chi connectivity index (χ3v) is 5.05. The average Bonchev–Trinajstić information content (AvgIpc) is 2.70. The monoisotopic (exact) mass is 407 g/mol. The van der Waals surface area contributed by atoms with Gasteiger partial charge in [-0.05, 0) is 30.5 Å². The van der Waals surface area contributed by atoms with E-state index in [4.69, 9.17) is 0 Å². The lowest BCUT2D eigenvalue weighted by atomic mass is 9.96. The minimum absolute atomic E-state index is 0.0660. The Morgan fingerprint density at radius 1 is 1.17 bits per heavy atom. The molecule has 0 aliphatic carbocycles. The van der Waals surface area contributed by atoms with Gasteiger partial charge >= 0.3 is 12.2 Å². The fourth-order valence-corrected chi connectivity index (χ4v) is 3.48. The van der Waals surface area contributed by atoms with Gasteiger partial charge in [0.1, 0.15) is 0 Å². The number of benzene rings is 1. The molecule has 9 heteroatoms. The second-order valence-corrected chi connectivity index (χ2v) is 7.31. The number of likely N-dealkylation sites (tertiary alicyclic amines) is 1. The third-order valence-electron chi connectivity index (χ3n) is 5.05. The van der Waals surface area contributed by atoms with Crippen LogP contribution < -0.4 is 5.32 Å². The molecule has 1 N–H and O–H groups in total. The topological polar surface area (TPSA) is 61.4 Å². The maximum atomic E-state index is 12.9. The lowest BCUT2D eigenvalue weighted by Crippen LogP contribution is -2.48. The number of urea groups is 1. The molecular formula is C20H24F3N5O. The summed E-state index contributed by atoms with van der Waals surface area (Å²) in [5, 5.41) is 2.99. The number of aromatic nitrogens is 2. The van der Waals surface area contributed by atoms with Gasteiger partial charge in [0.15, 0.2) is 0 Å². The second kappa shape index (κ2) is 8.77. The van der Waals surface area contributed by atoms with Gasteiger partial charge in [-0.3, -0.25) is 14.9 Å². The summed E-state index contributed by atoms with van der Waals surface area (Å²) in [6.45, 7) is 1.36. The number of nitrogens with one attached hydrogen (secondary N) is 1. The van der Waals surface area contributed by atoms with Crippen LogP contribution in [0.5, 0.6) is 0 Å². The molecule has 6 nitrogen and oxygen atoms in total. The Morgan fingerprint density at radius 3 is 2.34 bits per heavy atom. The number of hydrogen-bond acceptors (Lipinski definition) is 4. The second-order valence-electron chi connectivity index (χ2n) is 7.31. The van der Waals surface area contributed by atoms with Crippen LogP contribution in [0.4, 0.5) is 18.0 Å². The molecule has 3 rings (SSSR count). The summed E-state index contributed by atoms with van der Waals surface area (Å²) in [7, 11) is 3.39. The van der Waals surface area contributed by atoms with Crippen LogP contribution in [0.2, 0.25) is 0 Å². The number of alkyl halides is 3. The average molecular weight is 407 g/mol. The Balaban J connectivity index is 1.78. The molecule has 1 aromatic carbocycles. The predicted molar refractivity (Wildman–Crippen MR) is 102 cm³/mol. The van der Waals surface area contributed by atoms with Gasteiger partial charge in [-0.1, -0.05) is 12.1 Å². The molecule has 0 saturated carbocycles. The van der Waals surface area contributed by atoms with Crippen molar-refractivity contribution in [2.75, 3.05) is 27.2 Å². The van der Waals surface area contributed by atoms with E-state index in [9.17, 15) is 18.0 Å². The summed E-state index contributed by atoms with van der Waals surface area (Å²) in [6.07, 6.45) is 1.91. The van der Waals surface area contributed by atoms with Crippen LogP contribution >= 0.6 is 0 Å². The van der Waals surface area contributed by atoms with Crippen molar-refractivity contribution in [2.24, 2.45) is 0 Å². The van der Waals surface area contributed by atoms with Crippen LogP contribution in [0, 0.1) is 0 Å². The van der Waals surface area contributed by atoms with Crippen LogP contribution in [0.1, 0.15) is 35.7 Å². The quantitative estimate of drug-likeness (QED) is 0.845. The first kappa shape index (κ1) is 21.0. The van der Waals surface area contributed by atoms with Gasteiger partial charge < -0.3 is 10.2 Å². The minimum atomic E-state index is -4.37. The van der Waals surface area contributed by atoms with Crippen LogP contribution in [0.15, 0.2) is 42.9 Å². The van der Waals surface area contributed by atoms with Crippen LogP contribution in [0.25, 0.3) is 0 Å². The first-order valence-electron chi connectivity index (χ1n) is 9.40. The number of amides is 2. The Kier molecular flexibility index (Phi) is 6.36. The van der Waals surface area contributed by atoms with Crippen molar-refractivity contribution < 1.29 is 18.0 Å². The molecule has 1 atom stereocenters.